The highest BCUT2D eigenvalue weighted by Gasteiger charge is 2.37. The normalized spacial score (nSPS) is 40.7. The SMILES string of the molecule is O=C1NC[C@@H]2CCC[C@H]12. The smallest absolute Gasteiger partial charge is 0.223 e. The average Bonchev–Trinajstić information content (AvgIpc) is 2.35. The predicted octanol–water partition coefficient (Wildman–Crippen LogP) is 0.532. The van der Waals surface area contributed by atoms with Crippen molar-refractivity contribution in [3.05, 3.63) is 0 Å². The molecule has 2 nitrogen and oxygen atoms in total. The van der Waals surface area contributed by atoms with Crippen LogP contribution in [0.1, 0.15) is 19.3 Å². The molecule has 1 saturated carbocycles. The molecule has 50 valence electrons. The highest BCUT2D eigenvalue weighted by Crippen LogP contribution is 2.34. The monoisotopic (exact) mass is 125 g/mol. The van der Waals surface area contributed by atoms with Crippen LogP contribution in [0.25, 0.3) is 0 Å². The molecule has 0 aromatic rings. The van der Waals surface area contributed by atoms with E-state index in [1.54, 1.807) is 0 Å². The maximum Gasteiger partial charge on any atom is 0.223 e. The lowest BCUT2D eigenvalue weighted by Crippen LogP contribution is -2.18. The van der Waals surface area contributed by atoms with E-state index >= 15 is 0 Å². The molecule has 0 aromatic heterocycles. The van der Waals surface area contributed by atoms with Crippen LogP contribution in [0, 0.1) is 11.8 Å². The van der Waals surface area contributed by atoms with Crippen molar-refractivity contribution in [1.82, 2.24) is 5.32 Å². The first-order valence-corrected chi connectivity index (χ1v) is 3.65. The van der Waals surface area contributed by atoms with E-state index in [9.17, 15) is 4.79 Å². The Labute approximate surface area is 54.6 Å². The molecule has 2 fully saturated rings. The van der Waals surface area contributed by atoms with Gasteiger partial charge in [0.2, 0.25) is 5.91 Å². The van der Waals surface area contributed by atoms with Crippen LogP contribution < -0.4 is 5.32 Å². The van der Waals surface area contributed by atoms with Gasteiger partial charge in [-0.15, -0.1) is 0 Å². The zero-order chi connectivity index (χ0) is 6.27. The van der Waals surface area contributed by atoms with E-state index in [4.69, 9.17) is 0 Å². The Bertz CT molecular complexity index is 144. The molecule has 1 aliphatic heterocycles. The van der Waals surface area contributed by atoms with Gasteiger partial charge in [-0.2, -0.15) is 0 Å². The van der Waals surface area contributed by atoms with E-state index in [0.29, 0.717) is 17.7 Å². The number of nitrogens with one attached hydrogen (secondary N) is 1. The van der Waals surface area contributed by atoms with Crippen molar-refractivity contribution in [2.45, 2.75) is 19.3 Å². The number of fused-ring (bicyclic) bond motifs is 1. The minimum absolute atomic E-state index is 0.303. The lowest BCUT2D eigenvalue weighted by atomic mass is 10.0. The van der Waals surface area contributed by atoms with E-state index in [0.717, 1.165) is 13.0 Å². The molecule has 9 heavy (non-hydrogen) atoms. The number of hydrogen-bond donors (Lipinski definition) is 1. The summed E-state index contributed by atoms with van der Waals surface area (Å²) in [5.74, 6) is 1.39. The van der Waals surface area contributed by atoms with Gasteiger partial charge in [-0.3, -0.25) is 4.79 Å². The molecule has 0 aromatic carbocycles. The molecule has 2 heteroatoms. The van der Waals surface area contributed by atoms with Crippen molar-refractivity contribution < 1.29 is 4.79 Å². The summed E-state index contributed by atoms with van der Waals surface area (Å²) in [6.07, 6.45) is 3.67. The average molecular weight is 125 g/mol. The van der Waals surface area contributed by atoms with Gasteiger partial charge in [-0.25, -0.2) is 0 Å². The molecular weight excluding hydrogens is 114 g/mol. The Morgan fingerprint density at radius 1 is 1.44 bits per heavy atom. The molecule has 0 radical (unpaired) electrons. The second-order valence-corrected chi connectivity index (χ2v) is 3.04. The summed E-state index contributed by atoms with van der Waals surface area (Å²) in [6, 6.07) is 0. The van der Waals surface area contributed by atoms with Crippen LogP contribution in [0.2, 0.25) is 0 Å². The molecule has 1 N–H and O–H groups in total. The Kier molecular flexibility index (Phi) is 1.01. The summed E-state index contributed by atoms with van der Waals surface area (Å²) in [5.41, 5.74) is 0. The standard InChI is InChI=1S/C7H11NO/c9-7-6-3-1-2-5(6)4-8-7/h5-6H,1-4H2,(H,8,9)/t5-,6-/m0/s1. The van der Waals surface area contributed by atoms with Crippen LogP contribution in [-0.2, 0) is 4.79 Å². The van der Waals surface area contributed by atoms with Gasteiger partial charge in [0.1, 0.15) is 0 Å². The van der Waals surface area contributed by atoms with Crippen LogP contribution in [0.5, 0.6) is 0 Å². The van der Waals surface area contributed by atoms with Crippen LogP contribution in [0.4, 0.5) is 0 Å². The Morgan fingerprint density at radius 3 is 3.11 bits per heavy atom. The zero-order valence-electron chi connectivity index (χ0n) is 5.39. The zero-order valence-corrected chi connectivity index (χ0v) is 5.39. The third-order valence-corrected chi connectivity index (χ3v) is 2.53. The molecule has 1 amide bonds. The molecule has 1 aliphatic carbocycles. The van der Waals surface area contributed by atoms with Crippen LogP contribution in [-0.4, -0.2) is 12.5 Å². The number of carbonyl (C=O) groups excluding carboxylic acids is 1. The fraction of sp³-hybridized carbons (Fsp3) is 0.857. The van der Waals surface area contributed by atoms with Crippen molar-refractivity contribution in [3.63, 3.8) is 0 Å². The van der Waals surface area contributed by atoms with Crippen molar-refractivity contribution in [1.29, 1.82) is 0 Å². The van der Waals surface area contributed by atoms with Crippen LogP contribution in [0.15, 0.2) is 0 Å². The summed E-state index contributed by atoms with van der Waals surface area (Å²) >= 11 is 0. The van der Waals surface area contributed by atoms with Gasteiger partial charge in [0.05, 0.1) is 0 Å². The predicted molar refractivity (Wildman–Crippen MR) is 33.8 cm³/mol. The van der Waals surface area contributed by atoms with E-state index in [-0.39, 0.29) is 0 Å². The van der Waals surface area contributed by atoms with E-state index < -0.39 is 0 Å². The molecule has 1 saturated heterocycles. The summed E-state index contributed by atoms with van der Waals surface area (Å²) in [7, 11) is 0. The van der Waals surface area contributed by atoms with Gasteiger partial charge in [0.15, 0.2) is 0 Å². The lowest BCUT2D eigenvalue weighted by molar-refractivity contribution is -0.122. The molecule has 2 atom stereocenters. The first-order chi connectivity index (χ1) is 4.38. The Balaban J connectivity index is 2.15. The second kappa shape index (κ2) is 1.72. The van der Waals surface area contributed by atoms with Crippen LogP contribution >= 0.6 is 0 Å². The van der Waals surface area contributed by atoms with E-state index in [1.165, 1.54) is 12.8 Å². The van der Waals surface area contributed by atoms with Gasteiger partial charge in [0.25, 0.3) is 0 Å². The summed E-state index contributed by atoms with van der Waals surface area (Å²) in [4.78, 5) is 10.9. The lowest BCUT2D eigenvalue weighted by Gasteiger charge is -2.00. The maximum atomic E-state index is 10.9. The molecule has 2 aliphatic rings. The number of amides is 1. The third-order valence-electron chi connectivity index (χ3n) is 2.53. The number of carbonyl (C=O) groups is 1. The summed E-state index contributed by atoms with van der Waals surface area (Å²) in [5, 5.41) is 2.88. The van der Waals surface area contributed by atoms with Crippen LogP contribution in [0.3, 0.4) is 0 Å². The highest BCUT2D eigenvalue weighted by molar-refractivity contribution is 5.81. The van der Waals surface area contributed by atoms with E-state index in [1.807, 2.05) is 0 Å². The van der Waals surface area contributed by atoms with Crippen molar-refractivity contribution in [3.8, 4) is 0 Å². The quantitative estimate of drug-likeness (QED) is 0.502. The minimum Gasteiger partial charge on any atom is -0.356 e. The van der Waals surface area contributed by atoms with Gasteiger partial charge in [-0.05, 0) is 18.8 Å². The fourth-order valence-electron chi connectivity index (χ4n) is 1.99. The first kappa shape index (κ1) is 5.27. The Hall–Kier alpha value is -0.530. The minimum atomic E-state index is 0.303. The fourth-order valence-corrected chi connectivity index (χ4v) is 1.99. The van der Waals surface area contributed by atoms with Gasteiger partial charge < -0.3 is 5.32 Å². The molecule has 0 bridgehead atoms. The molecule has 2 rings (SSSR count). The number of hydrogen-bond acceptors (Lipinski definition) is 1. The van der Waals surface area contributed by atoms with Crippen molar-refractivity contribution in [2.24, 2.45) is 11.8 Å². The van der Waals surface area contributed by atoms with Gasteiger partial charge in [-0.1, -0.05) is 6.42 Å². The second-order valence-electron chi connectivity index (χ2n) is 3.04. The first-order valence-electron chi connectivity index (χ1n) is 3.65. The van der Waals surface area contributed by atoms with Gasteiger partial charge in [0, 0.05) is 12.5 Å². The molecule has 0 spiro atoms. The molecule has 1 heterocycles. The number of rotatable bonds is 0. The topological polar surface area (TPSA) is 29.1 Å². The van der Waals surface area contributed by atoms with E-state index in [2.05, 4.69) is 5.32 Å². The molecule has 0 unspecified atom stereocenters. The summed E-state index contributed by atoms with van der Waals surface area (Å²) < 4.78 is 0. The molecular formula is C7H11NO. The maximum absolute atomic E-state index is 10.9. The van der Waals surface area contributed by atoms with Crippen molar-refractivity contribution >= 4 is 5.91 Å². The van der Waals surface area contributed by atoms with Crippen molar-refractivity contribution in [2.75, 3.05) is 6.54 Å². The summed E-state index contributed by atoms with van der Waals surface area (Å²) in [6.45, 7) is 0.948. The highest BCUT2D eigenvalue weighted by atomic mass is 16.2. The van der Waals surface area contributed by atoms with Gasteiger partial charge >= 0.3 is 0 Å². The Morgan fingerprint density at radius 2 is 2.33 bits per heavy atom. The third kappa shape index (κ3) is 0.655. The largest absolute Gasteiger partial charge is 0.356 e.